The van der Waals surface area contributed by atoms with Crippen LogP contribution in [0, 0.1) is 0 Å². The summed E-state index contributed by atoms with van der Waals surface area (Å²) < 4.78 is 1.25. The first-order valence-corrected chi connectivity index (χ1v) is 8.50. The van der Waals surface area contributed by atoms with Gasteiger partial charge in [0.2, 0.25) is 11.8 Å². The monoisotopic (exact) mass is 340 g/mol. The van der Waals surface area contributed by atoms with Crippen molar-refractivity contribution in [2.24, 2.45) is 11.5 Å². The molecule has 9 heteroatoms. The fourth-order valence-corrected chi connectivity index (χ4v) is 4.36. The van der Waals surface area contributed by atoms with Gasteiger partial charge in [-0.25, -0.2) is 0 Å². The van der Waals surface area contributed by atoms with E-state index < -0.39 is 17.1 Å². The van der Waals surface area contributed by atoms with E-state index >= 15 is 0 Å². The SMILES string of the molecule is NC(=O)CSc1nnc(SC(C(N)=O)c2ccccc2)s1. The fraction of sp³-hybridized carbons (Fsp3) is 0.167. The molecule has 0 radical (unpaired) electrons. The average Bonchev–Trinajstić information content (AvgIpc) is 2.91. The van der Waals surface area contributed by atoms with Gasteiger partial charge in [0.05, 0.1) is 5.75 Å². The smallest absolute Gasteiger partial charge is 0.235 e. The number of amides is 2. The highest BCUT2D eigenvalue weighted by atomic mass is 32.2. The average molecular weight is 340 g/mol. The van der Waals surface area contributed by atoms with Gasteiger partial charge in [-0.2, -0.15) is 0 Å². The zero-order valence-electron chi connectivity index (χ0n) is 10.8. The van der Waals surface area contributed by atoms with E-state index in [1.54, 1.807) is 0 Å². The third kappa shape index (κ3) is 4.73. The number of nitrogens with two attached hydrogens (primary N) is 2. The maximum atomic E-state index is 11.6. The Labute approximate surface area is 133 Å². The van der Waals surface area contributed by atoms with Crippen molar-refractivity contribution in [1.29, 1.82) is 0 Å². The van der Waals surface area contributed by atoms with Crippen LogP contribution < -0.4 is 11.5 Å². The summed E-state index contributed by atoms with van der Waals surface area (Å²) >= 11 is 3.77. The predicted octanol–water partition coefficient (Wildman–Crippen LogP) is 1.43. The number of carbonyl (C=O) groups excluding carboxylic acids is 2. The van der Waals surface area contributed by atoms with Gasteiger partial charge in [-0.15, -0.1) is 10.2 Å². The molecule has 0 aliphatic heterocycles. The molecular weight excluding hydrogens is 328 g/mol. The Kier molecular flexibility index (Phi) is 5.59. The molecule has 0 spiro atoms. The number of primary amides is 2. The van der Waals surface area contributed by atoms with E-state index in [1.807, 2.05) is 30.3 Å². The van der Waals surface area contributed by atoms with Crippen LogP contribution >= 0.6 is 34.9 Å². The second-order valence-corrected chi connectivity index (χ2v) is 7.45. The Hall–Kier alpha value is -1.58. The van der Waals surface area contributed by atoms with Gasteiger partial charge in [0.15, 0.2) is 8.68 Å². The molecule has 2 rings (SSSR count). The Morgan fingerprint density at radius 3 is 2.43 bits per heavy atom. The Morgan fingerprint density at radius 1 is 1.14 bits per heavy atom. The van der Waals surface area contributed by atoms with Crippen LogP contribution in [0.1, 0.15) is 10.8 Å². The molecule has 110 valence electrons. The highest BCUT2D eigenvalue weighted by Gasteiger charge is 2.21. The number of thioether (sulfide) groups is 2. The molecule has 1 aromatic carbocycles. The zero-order chi connectivity index (χ0) is 15.2. The normalized spacial score (nSPS) is 12.0. The quantitative estimate of drug-likeness (QED) is 0.738. The van der Waals surface area contributed by atoms with Crippen LogP contribution in [0.5, 0.6) is 0 Å². The van der Waals surface area contributed by atoms with Crippen molar-refractivity contribution in [2.45, 2.75) is 13.9 Å². The van der Waals surface area contributed by atoms with Gasteiger partial charge in [-0.1, -0.05) is 65.2 Å². The van der Waals surface area contributed by atoms with Gasteiger partial charge in [0.25, 0.3) is 0 Å². The zero-order valence-corrected chi connectivity index (χ0v) is 13.2. The number of hydrogen-bond donors (Lipinski definition) is 2. The summed E-state index contributed by atoms with van der Waals surface area (Å²) in [6.45, 7) is 0. The molecule has 4 N–H and O–H groups in total. The third-order valence-electron chi connectivity index (χ3n) is 2.31. The van der Waals surface area contributed by atoms with Crippen LogP contribution in [-0.2, 0) is 9.59 Å². The minimum atomic E-state index is -0.520. The van der Waals surface area contributed by atoms with Crippen molar-refractivity contribution < 1.29 is 9.59 Å². The summed E-state index contributed by atoms with van der Waals surface area (Å²) in [7, 11) is 0. The second-order valence-electron chi connectivity index (χ2n) is 3.90. The van der Waals surface area contributed by atoms with E-state index in [1.165, 1.54) is 34.9 Å². The summed E-state index contributed by atoms with van der Waals surface area (Å²) in [6, 6.07) is 9.24. The number of rotatable bonds is 7. The predicted molar refractivity (Wildman–Crippen MR) is 84.1 cm³/mol. The van der Waals surface area contributed by atoms with E-state index in [4.69, 9.17) is 11.5 Å². The van der Waals surface area contributed by atoms with Crippen molar-refractivity contribution in [1.82, 2.24) is 10.2 Å². The molecule has 0 saturated carbocycles. The molecule has 2 amide bonds. The Bertz CT molecular complexity index is 632. The molecule has 1 aromatic heterocycles. The van der Waals surface area contributed by atoms with Crippen LogP contribution in [0.3, 0.4) is 0 Å². The standard InChI is InChI=1S/C12H12N4O2S3/c13-8(17)6-19-11-15-16-12(21-11)20-9(10(14)18)7-4-2-1-3-5-7/h1-5,9H,6H2,(H2,13,17)(H2,14,18). The summed E-state index contributed by atoms with van der Waals surface area (Å²) in [4.78, 5) is 22.3. The van der Waals surface area contributed by atoms with Gasteiger partial charge in [0.1, 0.15) is 5.25 Å². The number of benzene rings is 1. The lowest BCUT2D eigenvalue weighted by molar-refractivity contribution is -0.117. The van der Waals surface area contributed by atoms with Crippen molar-refractivity contribution in [3.8, 4) is 0 Å². The summed E-state index contributed by atoms with van der Waals surface area (Å²) in [5, 5.41) is 7.42. The molecule has 0 aliphatic carbocycles. The molecule has 0 bridgehead atoms. The first kappa shape index (κ1) is 15.8. The van der Waals surface area contributed by atoms with E-state index in [9.17, 15) is 9.59 Å². The topological polar surface area (TPSA) is 112 Å². The van der Waals surface area contributed by atoms with Crippen molar-refractivity contribution in [2.75, 3.05) is 5.75 Å². The number of aromatic nitrogens is 2. The molecule has 1 heterocycles. The van der Waals surface area contributed by atoms with E-state index in [0.717, 1.165) is 5.56 Å². The molecular formula is C12H12N4O2S3. The maximum absolute atomic E-state index is 11.6. The highest BCUT2D eigenvalue weighted by Crippen LogP contribution is 2.38. The Balaban J connectivity index is 2.08. The lowest BCUT2D eigenvalue weighted by Crippen LogP contribution is -2.18. The van der Waals surface area contributed by atoms with E-state index in [-0.39, 0.29) is 5.75 Å². The molecule has 1 unspecified atom stereocenters. The lowest BCUT2D eigenvalue weighted by Gasteiger charge is -2.10. The maximum Gasteiger partial charge on any atom is 0.235 e. The molecule has 1 atom stereocenters. The summed E-state index contributed by atoms with van der Waals surface area (Å²) in [5.41, 5.74) is 11.3. The van der Waals surface area contributed by atoms with Crippen LogP contribution in [-0.4, -0.2) is 27.8 Å². The third-order valence-corrected chi connectivity index (χ3v) is 5.74. The number of nitrogens with zero attached hydrogens (tertiary/aromatic N) is 2. The largest absolute Gasteiger partial charge is 0.369 e. The molecule has 0 saturated heterocycles. The molecule has 0 aliphatic rings. The van der Waals surface area contributed by atoms with Gasteiger partial charge in [-0.3, -0.25) is 9.59 Å². The summed E-state index contributed by atoms with van der Waals surface area (Å²) in [6.07, 6.45) is 0. The minimum absolute atomic E-state index is 0.150. The van der Waals surface area contributed by atoms with E-state index in [2.05, 4.69) is 10.2 Å². The van der Waals surface area contributed by atoms with Gasteiger partial charge in [0, 0.05) is 0 Å². The Morgan fingerprint density at radius 2 is 1.81 bits per heavy atom. The van der Waals surface area contributed by atoms with Crippen LogP contribution in [0.2, 0.25) is 0 Å². The molecule has 2 aromatic rings. The van der Waals surface area contributed by atoms with Crippen LogP contribution in [0.25, 0.3) is 0 Å². The highest BCUT2D eigenvalue weighted by molar-refractivity contribution is 8.04. The summed E-state index contributed by atoms with van der Waals surface area (Å²) in [5.74, 6) is -0.700. The molecule has 21 heavy (non-hydrogen) atoms. The lowest BCUT2D eigenvalue weighted by atomic mass is 10.1. The van der Waals surface area contributed by atoms with Crippen molar-refractivity contribution in [3.05, 3.63) is 35.9 Å². The van der Waals surface area contributed by atoms with Gasteiger partial charge >= 0.3 is 0 Å². The molecule has 6 nitrogen and oxygen atoms in total. The fourth-order valence-electron chi connectivity index (χ4n) is 1.46. The molecule has 0 fully saturated rings. The van der Waals surface area contributed by atoms with E-state index in [0.29, 0.717) is 8.68 Å². The van der Waals surface area contributed by atoms with Crippen LogP contribution in [0.15, 0.2) is 39.0 Å². The van der Waals surface area contributed by atoms with Crippen molar-refractivity contribution in [3.63, 3.8) is 0 Å². The second kappa shape index (κ2) is 7.43. The number of hydrogen-bond acceptors (Lipinski definition) is 7. The van der Waals surface area contributed by atoms with Crippen molar-refractivity contribution >= 4 is 46.7 Å². The number of carbonyl (C=O) groups is 2. The van der Waals surface area contributed by atoms with Crippen LogP contribution in [0.4, 0.5) is 0 Å². The minimum Gasteiger partial charge on any atom is -0.369 e. The first-order chi connectivity index (χ1) is 10.1. The van der Waals surface area contributed by atoms with Gasteiger partial charge in [-0.05, 0) is 5.56 Å². The first-order valence-electron chi connectivity index (χ1n) is 5.82. The van der Waals surface area contributed by atoms with Gasteiger partial charge < -0.3 is 11.5 Å².